The molecule has 13 nitrogen and oxygen atoms in total. The molecule has 0 aliphatic heterocycles. The second kappa shape index (κ2) is 15.2. The number of ketones is 1. The number of carboxylic acid groups (broad SMARTS) is 1. The fraction of sp³-hybridized carbons (Fsp3) is 0.136. The number of Topliss-reactive ketones (excluding diaryl/α,β-unsaturated/α-hetero) is 1. The lowest BCUT2D eigenvalue weighted by Crippen LogP contribution is -2.12. The van der Waals surface area contributed by atoms with Crippen LogP contribution < -0.4 is 0 Å². The van der Waals surface area contributed by atoms with Gasteiger partial charge in [-0.3, -0.25) is 9.59 Å². The molecule has 0 unspecified atom stereocenters. The monoisotopic (exact) mass is 510 g/mol. The molecule has 0 aromatic carbocycles. The topological polar surface area (TPSA) is 184 Å². The van der Waals surface area contributed by atoms with Crippen LogP contribution in [0, 0.1) is 0 Å². The maximum absolute atomic E-state index is 11.3. The van der Waals surface area contributed by atoms with Crippen LogP contribution in [0.5, 0.6) is 0 Å². The first-order valence-corrected chi connectivity index (χ1v) is 10.5. The number of esters is 1. The van der Waals surface area contributed by atoms with Crippen molar-refractivity contribution in [1.29, 1.82) is 0 Å². The van der Waals surface area contributed by atoms with Gasteiger partial charge in [0.05, 0.1) is 18.0 Å². The summed E-state index contributed by atoms with van der Waals surface area (Å²) < 4.78 is 4.63. The summed E-state index contributed by atoms with van der Waals surface area (Å²) in [5.74, 6) is -1.92. The van der Waals surface area contributed by atoms with E-state index < -0.39 is 11.9 Å². The Hall–Kier alpha value is -4.78. The summed E-state index contributed by atoms with van der Waals surface area (Å²) in [4.78, 5) is 62.4. The van der Waals surface area contributed by atoms with E-state index in [9.17, 15) is 14.4 Å². The molecule has 1 N–H and O–H groups in total. The first-order chi connectivity index (χ1) is 17.4. The first kappa shape index (κ1) is 27.5. The molecule has 0 saturated heterocycles. The molecule has 0 aliphatic carbocycles. The van der Waals surface area contributed by atoms with Crippen LogP contribution in [0.1, 0.15) is 34.3 Å². The van der Waals surface area contributed by atoms with E-state index in [0.717, 1.165) is 5.69 Å². The predicted molar refractivity (Wildman–Crippen MR) is 125 cm³/mol. The quantitative estimate of drug-likeness (QED) is 0.172. The minimum Gasteiger partial charge on any atom is -0.477 e. The van der Waals surface area contributed by atoms with Crippen molar-refractivity contribution in [3.8, 4) is 11.4 Å². The van der Waals surface area contributed by atoms with Gasteiger partial charge in [0.2, 0.25) is 0 Å². The molecule has 4 heterocycles. The number of hydrogen-bond donors (Lipinski definition) is 1. The zero-order valence-corrected chi connectivity index (χ0v) is 19.6. The van der Waals surface area contributed by atoms with E-state index in [1.807, 2.05) is 0 Å². The smallest absolute Gasteiger partial charge is 0.354 e. The molecule has 0 atom stereocenters. The number of halogens is 1. The number of ether oxygens (including phenoxy) is 1. The minimum atomic E-state index is -1.03. The van der Waals surface area contributed by atoms with E-state index in [1.165, 1.54) is 49.8 Å². The Labute approximate surface area is 209 Å². The molecule has 4 aromatic heterocycles. The molecule has 0 bridgehead atoms. The molecule has 4 aromatic rings. The van der Waals surface area contributed by atoms with Crippen molar-refractivity contribution < 1.29 is 24.2 Å². The van der Waals surface area contributed by atoms with Crippen LogP contribution in [-0.4, -0.2) is 69.3 Å². The summed E-state index contributed by atoms with van der Waals surface area (Å²) in [5.41, 5.74) is 1.68. The maximum Gasteiger partial charge on any atom is 0.354 e. The highest BCUT2D eigenvalue weighted by Gasteiger charge is 2.13. The molecule has 0 spiro atoms. The SMILES string of the molecule is CCOC(=O)CC(=O)c1ccncn1.Clc1cc(-c2ccncn2)ncn1.O=C(O)c1ccncn1. The van der Waals surface area contributed by atoms with E-state index in [2.05, 4.69) is 44.6 Å². The standard InChI is InChI=1S/C9H10N2O3.C8H5ClN4.C5H4N2O2/c1-2-14-9(13)5-8(12)7-3-4-10-6-11-7;9-8-3-7(12-5-13-8)6-1-2-10-4-11-6;8-5(9)4-1-2-6-3-7-4/h3-4,6H,2,5H2,1H3;1-5H;1-3H,(H,8,9). The third-order valence-corrected chi connectivity index (χ3v) is 3.96. The van der Waals surface area contributed by atoms with Gasteiger partial charge in [-0.25, -0.2) is 44.7 Å². The third kappa shape index (κ3) is 10.0. The summed E-state index contributed by atoms with van der Waals surface area (Å²) >= 11 is 5.70. The maximum atomic E-state index is 11.3. The minimum absolute atomic E-state index is 0.0185. The number of nitrogens with zero attached hydrogens (tertiary/aromatic N) is 8. The van der Waals surface area contributed by atoms with Crippen molar-refractivity contribution >= 4 is 29.3 Å². The van der Waals surface area contributed by atoms with Gasteiger partial charge in [0, 0.05) is 24.7 Å². The van der Waals surface area contributed by atoms with Gasteiger partial charge in [0.15, 0.2) is 11.5 Å². The molecule has 14 heteroatoms. The molecule has 36 heavy (non-hydrogen) atoms. The van der Waals surface area contributed by atoms with Gasteiger partial charge in [0.25, 0.3) is 0 Å². The number of carboxylic acids is 1. The Kier molecular flexibility index (Phi) is 11.6. The Morgan fingerprint density at radius 1 is 0.806 bits per heavy atom. The molecule has 0 aliphatic rings. The first-order valence-electron chi connectivity index (χ1n) is 10.1. The molecule has 0 amide bonds. The Morgan fingerprint density at radius 2 is 1.39 bits per heavy atom. The summed E-state index contributed by atoms with van der Waals surface area (Å²) in [6, 6.07) is 6.21. The number of hydrogen-bond acceptors (Lipinski definition) is 12. The Morgan fingerprint density at radius 3 is 1.86 bits per heavy atom. The van der Waals surface area contributed by atoms with Gasteiger partial charge < -0.3 is 9.84 Å². The fourth-order valence-corrected chi connectivity index (χ4v) is 2.37. The average molecular weight is 511 g/mol. The Bertz CT molecular complexity index is 1250. The summed E-state index contributed by atoms with van der Waals surface area (Å²) in [6.07, 6.45) is 9.54. The second-order valence-corrected chi connectivity index (χ2v) is 6.61. The fourth-order valence-electron chi connectivity index (χ4n) is 2.22. The van der Waals surface area contributed by atoms with E-state index >= 15 is 0 Å². The van der Waals surface area contributed by atoms with Crippen LogP contribution in [0.25, 0.3) is 11.4 Å². The van der Waals surface area contributed by atoms with E-state index in [0.29, 0.717) is 10.8 Å². The number of carbonyl (C=O) groups excluding carboxylic acids is 2. The molecule has 0 radical (unpaired) electrons. The van der Waals surface area contributed by atoms with Gasteiger partial charge in [0.1, 0.15) is 42.6 Å². The normalized spacial score (nSPS) is 9.50. The van der Waals surface area contributed by atoms with Crippen molar-refractivity contribution in [2.75, 3.05) is 6.61 Å². The third-order valence-electron chi connectivity index (χ3n) is 3.76. The zero-order chi connectivity index (χ0) is 26.2. The van der Waals surface area contributed by atoms with Gasteiger partial charge >= 0.3 is 11.9 Å². The molecular weight excluding hydrogens is 492 g/mol. The Balaban J connectivity index is 0.000000195. The number of rotatable bonds is 6. The molecule has 0 fully saturated rings. The van der Waals surface area contributed by atoms with E-state index in [1.54, 1.807) is 25.3 Å². The average Bonchev–Trinajstić information content (AvgIpc) is 2.91. The highest BCUT2D eigenvalue weighted by Crippen LogP contribution is 2.14. The zero-order valence-electron chi connectivity index (χ0n) is 18.8. The largest absolute Gasteiger partial charge is 0.477 e. The van der Waals surface area contributed by atoms with Gasteiger partial charge in [-0.1, -0.05) is 11.6 Å². The van der Waals surface area contributed by atoms with E-state index in [4.69, 9.17) is 16.7 Å². The number of carbonyl (C=O) groups is 3. The van der Waals surface area contributed by atoms with Crippen molar-refractivity contribution in [2.24, 2.45) is 0 Å². The van der Waals surface area contributed by atoms with Gasteiger partial charge in [-0.2, -0.15) is 0 Å². The number of aromatic nitrogens is 8. The van der Waals surface area contributed by atoms with Crippen LogP contribution >= 0.6 is 11.6 Å². The van der Waals surface area contributed by atoms with Crippen LogP contribution in [0.4, 0.5) is 0 Å². The van der Waals surface area contributed by atoms with Crippen LogP contribution in [0.3, 0.4) is 0 Å². The summed E-state index contributed by atoms with van der Waals surface area (Å²) in [6.45, 7) is 1.96. The second-order valence-electron chi connectivity index (χ2n) is 6.22. The highest BCUT2D eigenvalue weighted by atomic mass is 35.5. The lowest BCUT2D eigenvalue weighted by atomic mass is 10.2. The molecule has 184 valence electrons. The summed E-state index contributed by atoms with van der Waals surface area (Å²) in [7, 11) is 0. The lowest BCUT2D eigenvalue weighted by molar-refractivity contribution is -0.141. The molecular formula is C22H19ClN8O5. The van der Waals surface area contributed by atoms with Crippen LogP contribution in [0.15, 0.2) is 68.2 Å². The highest BCUT2D eigenvalue weighted by molar-refractivity contribution is 6.29. The van der Waals surface area contributed by atoms with Crippen LogP contribution in [0.2, 0.25) is 5.15 Å². The van der Waals surface area contributed by atoms with Crippen LogP contribution in [-0.2, 0) is 9.53 Å². The molecule has 4 rings (SSSR count). The molecule has 0 saturated carbocycles. The predicted octanol–water partition coefficient (Wildman–Crippen LogP) is 2.37. The number of aromatic carboxylic acids is 1. The summed E-state index contributed by atoms with van der Waals surface area (Å²) in [5, 5.41) is 8.70. The van der Waals surface area contributed by atoms with Crippen molar-refractivity contribution in [3.05, 3.63) is 84.7 Å². The van der Waals surface area contributed by atoms with Gasteiger partial charge in [-0.05, 0) is 25.1 Å². The van der Waals surface area contributed by atoms with E-state index in [-0.39, 0.29) is 30.2 Å². The van der Waals surface area contributed by atoms with Crippen molar-refractivity contribution in [2.45, 2.75) is 13.3 Å². The van der Waals surface area contributed by atoms with Crippen molar-refractivity contribution in [1.82, 2.24) is 39.9 Å². The van der Waals surface area contributed by atoms with Gasteiger partial charge in [-0.15, -0.1) is 0 Å². The lowest BCUT2D eigenvalue weighted by Gasteiger charge is -1.99. The van der Waals surface area contributed by atoms with Crippen molar-refractivity contribution in [3.63, 3.8) is 0 Å².